The molecule has 22 heavy (non-hydrogen) atoms. The number of aromatic nitrogens is 2. The summed E-state index contributed by atoms with van der Waals surface area (Å²) in [5.74, 6) is 0.469. The zero-order chi connectivity index (χ0) is 16.0. The number of fused-ring (bicyclic) bond motifs is 2. The van der Waals surface area contributed by atoms with Gasteiger partial charge in [0.1, 0.15) is 11.9 Å². The molecular weight excluding hydrogens is 282 g/mol. The fourth-order valence-electron chi connectivity index (χ4n) is 3.80. The summed E-state index contributed by atoms with van der Waals surface area (Å²) >= 11 is 0. The number of nitrogens with zero attached hydrogens (tertiary/aromatic N) is 5. The summed E-state index contributed by atoms with van der Waals surface area (Å²) < 4.78 is 2.43. The molecule has 0 amide bonds. The minimum absolute atomic E-state index is 0.0602. The number of likely N-dealkylation sites (N-methyl/N-ethyl adjacent to an activating group) is 1. The first-order chi connectivity index (χ1) is 10.5. The van der Waals surface area contributed by atoms with Gasteiger partial charge in [0.15, 0.2) is 5.56 Å². The molecule has 0 N–H and O–H groups in total. The molecule has 1 aromatic rings. The number of anilines is 1. The first-order valence-corrected chi connectivity index (χ1v) is 7.62. The van der Waals surface area contributed by atoms with Crippen LogP contribution in [0.1, 0.15) is 24.8 Å². The summed E-state index contributed by atoms with van der Waals surface area (Å²) in [6, 6.07) is 2.97. The van der Waals surface area contributed by atoms with Crippen molar-refractivity contribution in [2.75, 3.05) is 25.0 Å². The maximum Gasteiger partial charge on any atom is 0.332 e. The van der Waals surface area contributed by atoms with Gasteiger partial charge in [-0.2, -0.15) is 5.26 Å². The van der Waals surface area contributed by atoms with Crippen LogP contribution in [0.4, 0.5) is 5.82 Å². The predicted molar refractivity (Wildman–Crippen MR) is 83.0 cm³/mol. The molecule has 118 valence electrons. The molecule has 7 nitrogen and oxygen atoms in total. The van der Waals surface area contributed by atoms with Crippen molar-refractivity contribution in [2.24, 2.45) is 14.1 Å². The predicted octanol–water partition coefficient (Wildman–Crippen LogP) is -0.371. The normalized spacial score (nSPS) is 25.1. The van der Waals surface area contributed by atoms with E-state index in [1.54, 1.807) is 7.05 Å². The fourth-order valence-corrected chi connectivity index (χ4v) is 3.80. The molecule has 3 heterocycles. The van der Waals surface area contributed by atoms with Gasteiger partial charge in [0, 0.05) is 39.3 Å². The first-order valence-electron chi connectivity index (χ1n) is 7.62. The van der Waals surface area contributed by atoms with Crippen LogP contribution in [0.2, 0.25) is 0 Å². The molecule has 0 aliphatic carbocycles. The van der Waals surface area contributed by atoms with Crippen LogP contribution in [0.25, 0.3) is 0 Å². The Bertz CT molecular complexity index is 757. The zero-order valence-electron chi connectivity index (χ0n) is 13.2. The summed E-state index contributed by atoms with van der Waals surface area (Å²) in [6.45, 7) is 1.52. The molecule has 2 aliphatic rings. The molecule has 0 spiro atoms. The van der Waals surface area contributed by atoms with Crippen LogP contribution in [-0.4, -0.2) is 46.3 Å². The first kappa shape index (κ1) is 14.9. The van der Waals surface area contributed by atoms with Crippen LogP contribution in [0.5, 0.6) is 0 Å². The average molecular weight is 303 g/mol. The maximum absolute atomic E-state index is 12.2. The Balaban J connectivity index is 2.11. The summed E-state index contributed by atoms with van der Waals surface area (Å²) in [5.41, 5.74) is -0.838. The highest BCUT2D eigenvalue weighted by Gasteiger charge is 2.36. The number of hydrogen-bond donors (Lipinski definition) is 0. The van der Waals surface area contributed by atoms with Crippen LogP contribution in [-0.2, 0) is 14.1 Å². The van der Waals surface area contributed by atoms with E-state index in [9.17, 15) is 14.9 Å². The standard InChI is InChI=1S/C15H21N5O2/c1-17-10-4-5-11(17)9-20(7-6-10)13-12(8-16)14(21)19(3)15(22)18(13)2/h10-11H,4-7,9H2,1-3H3/t10-,11-/m0/s1. The van der Waals surface area contributed by atoms with Gasteiger partial charge in [-0.15, -0.1) is 0 Å². The second-order valence-corrected chi connectivity index (χ2v) is 6.30. The molecule has 2 bridgehead atoms. The summed E-state index contributed by atoms with van der Waals surface area (Å²) in [6.07, 6.45) is 3.31. The summed E-state index contributed by atoms with van der Waals surface area (Å²) in [4.78, 5) is 28.9. The van der Waals surface area contributed by atoms with Gasteiger partial charge in [0.25, 0.3) is 5.56 Å². The van der Waals surface area contributed by atoms with E-state index in [1.807, 2.05) is 11.0 Å². The zero-order valence-corrected chi connectivity index (χ0v) is 13.2. The van der Waals surface area contributed by atoms with E-state index in [1.165, 1.54) is 18.0 Å². The van der Waals surface area contributed by atoms with Crippen molar-refractivity contribution in [3.8, 4) is 6.07 Å². The minimum Gasteiger partial charge on any atom is -0.355 e. The highest BCUT2D eigenvalue weighted by Crippen LogP contribution is 2.30. The van der Waals surface area contributed by atoms with Crippen molar-refractivity contribution >= 4 is 5.82 Å². The van der Waals surface area contributed by atoms with E-state index >= 15 is 0 Å². The molecule has 3 rings (SSSR count). The van der Waals surface area contributed by atoms with Crippen LogP contribution in [0.3, 0.4) is 0 Å². The monoisotopic (exact) mass is 303 g/mol. The molecular formula is C15H21N5O2. The second kappa shape index (κ2) is 5.29. The smallest absolute Gasteiger partial charge is 0.332 e. The topological polar surface area (TPSA) is 74.3 Å². The molecule has 0 aromatic carbocycles. The highest BCUT2D eigenvalue weighted by molar-refractivity contribution is 5.54. The van der Waals surface area contributed by atoms with Gasteiger partial charge in [0.05, 0.1) is 0 Å². The van der Waals surface area contributed by atoms with Gasteiger partial charge < -0.3 is 4.90 Å². The van der Waals surface area contributed by atoms with Gasteiger partial charge in [-0.25, -0.2) is 4.79 Å². The van der Waals surface area contributed by atoms with Crippen molar-refractivity contribution in [3.63, 3.8) is 0 Å². The largest absolute Gasteiger partial charge is 0.355 e. The van der Waals surface area contributed by atoms with E-state index in [0.717, 1.165) is 30.5 Å². The Hall–Kier alpha value is -2.07. The average Bonchev–Trinajstić information content (AvgIpc) is 2.74. The third-order valence-electron chi connectivity index (χ3n) is 5.19. The number of rotatable bonds is 1. The molecule has 2 fully saturated rings. The van der Waals surface area contributed by atoms with Crippen LogP contribution in [0.15, 0.2) is 9.59 Å². The van der Waals surface area contributed by atoms with E-state index < -0.39 is 5.56 Å². The minimum atomic E-state index is -0.511. The summed E-state index contributed by atoms with van der Waals surface area (Å²) in [7, 11) is 5.18. The third kappa shape index (κ3) is 2.06. The molecule has 1 aromatic heterocycles. The van der Waals surface area contributed by atoms with E-state index in [2.05, 4.69) is 11.9 Å². The number of hydrogen-bond acceptors (Lipinski definition) is 5. The van der Waals surface area contributed by atoms with Crippen molar-refractivity contribution in [3.05, 3.63) is 26.4 Å². The quantitative estimate of drug-likeness (QED) is 0.707. The molecule has 2 saturated heterocycles. The van der Waals surface area contributed by atoms with Gasteiger partial charge >= 0.3 is 5.69 Å². The van der Waals surface area contributed by atoms with E-state index in [-0.39, 0.29) is 11.3 Å². The van der Waals surface area contributed by atoms with Gasteiger partial charge in [-0.3, -0.25) is 18.8 Å². The lowest BCUT2D eigenvalue weighted by atomic mass is 10.1. The van der Waals surface area contributed by atoms with Crippen molar-refractivity contribution < 1.29 is 0 Å². The molecule has 2 atom stereocenters. The lowest BCUT2D eigenvalue weighted by molar-refractivity contribution is 0.254. The van der Waals surface area contributed by atoms with Crippen molar-refractivity contribution in [1.29, 1.82) is 5.26 Å². The molecule has 7 heteroatoms. The van der Waals surface area contributed by atoms with Gasteiger partial charge in [-0.05, 0) is 26.3 Å². The number of nitriles is 1. The third-order valence-corrected chi connectivity index (χ3v) is 5.19. The molecule has 0 unspecified atom stereocenters. The maximum atomic E-state index is 12.2. The Morgan fingerprint density at radius 3 is 2.41 bits per heavy atom. The van der Waals surface area contributed by atoms with Crippen LogP contribution in [0, 0.1) is 11.3 Å². The Kier molecular flexibility index (Phi) is 3.57. The molecule has 0 radical (unpaired) electrons. The lowest BCUT2D eigenvalue weighted by Crippen LogP contribution is -2.44. The Labute approximate surface area is 129 Å². The fraction of sp³-hybridized carbons (Fsp3) is 0.667. The van der Waals surface area contributed by atoms with Crippen molar-refractivity contribution in [1.82, 2.24) is 14.0 Å². The van der Waals surface area contributed by atoms with Crippen LogP contribution >= 0.6 is 0 Å². The molecule has 2 aliphatic heterocycles. The molecule has 0 saturated carbocycles. The summed E-state index contributed by atoms with van der Waals surface area (Å²) in [5, 5.41) is 9.41. The Morgan fingerprint density at radius 2 is 1.73 bits per heavy atom. The van der Waals surface area contributed by atoms with Gasteiger partial charge in [-0.1, -0.05) is 0 Å². The second-order valence-electron chi connectivity index (χ2n) is 6.30. The van der Waals surface area contributed by atoms with Crippen molar-refractivity contribution in [2.45, 2.75) is 31.3 Å². The van der Waals surface area contributed by atoms with Gasteiger partial charge in [0.2, 0.25) is 0 Å². The lowest BCUT2D eigenvalue weighted by Gasteiger charge is -2.29. The Morgan fingerprint density at radius 1 is 1.05 bits per heavy atom. The van der Waals surface area contributed by atoms with E-state index in [0.29, 0.717) is 17.9 Å². The SMILES string of the molecule is CN1[C@H]2CC[C@H]1CN(c1c(C#N)c(=O)n(C)c(=O)n1C)CC2. The van der Waals surface area contributed by atoms with E-state index in [4.69, 9.17) is 0 Å². The highest BCUT2D eigenvalue weighted by atomic mass is 16.2. The van der Waals surface area contributed by atoms with Crippen LogP contribution < -0.4 is 16.1 Å².